The first-order valence-electron chi connectivity index (χ1n) is 9.37. The average molecular weight is 295 g/mol. The fourth-order valence-corrected chi connectivity index (χ4v) is 4.37. The third-order valence-electron chi connectivity index (χ3n) is 5.48. The minimum Gasteiger partial charge on any atom is -0.311 e. The first kappa shape index (κ1) is 17.3. The van der Waals surface area contributed by atoms with Crippen molar-refractivity contribution in [2.24, 2.45) is 11.3 Å². The first-order valence-corrected chi connectivity index (χ1v) is 9.37. The van der Waals surface area contributed by atoms with Gasteiger partial charge in [-0.3, -0.25) is 4.90 Å². The topological polar surface area (TPSA) is 15.3 Å². The Balaban J connectivity index is 2.08. The van der Waals surface area contributed by atoms with Crippen molar-refractivity contribution in [2.45, 2.75) is 97.7 Å². The van der Waals surface area contributed by atoms with E-state index >= 15 is 0 Å². The highest BCUT2D eigenvalue weighted by molar-refractivity contribution is 4.95. The third kappa shape index (κ3) is 4.96. The molecule has 0 aromatic rings. The molecule has 0 amide bonds. The largest absolute Gasteiger partial charge is 0.311 e. The minimum absolute atomic E-state index is 0.377. The zero-order chi connectivity index (χ0) is 15.5. The lowest BCUT2D eigenvalue weighted by molar-refractivity contribution is 0.0120. The van der Waals surface area contributed by atoms with Crippen molar-refractivity contribution in [3.63, 3.8) is 0 Å². The summed E-state index contributed by atoms with van der Waals surface area (Å²) in [5.41, 5.74) is 0.377. The zero-order valence-electron chi connectivity index (χ0n) is 15.1. The molecule has 124 valence electrons. The van der Waals surface area contributed by atoms with Gasteiger partial charge in [-0.1, -0.05) is 60.3 Å². The third-order valence-corrected chi connectivity index (χ3v) is 5.48. The van der Waals surface area contributed by atoms with E-state index in [-0.39, 0.29) is 0 Å². The van der Waals surface area contributed by atoms with Gasteiger partial charge in [-0.15, -0.1) is 0 Å². The summed E-state index contributed by atoms with van der Waals surface area (Å²) < 4.78 is 0. The van der Waals surface area contributed by atoms with Gasteiger partial charge in [-0.05, 0) is 30.6 Å². The summed E-state index contributed by atoms with van der Waals surface area (Å²) >= 11 is 0. The number of hydrogen-bond donors (Lipinski definition) is 1. The van der Waals surface area contributed by atoms with E-state index in [0.717, 1.165) is 12.0 Å². The van der Waals surface area contributed by atoms with E-state index < -0.39 is 0 Å². The first-order chi connectivity index (χ1) is 9.88. The second-order valence-electron chi connectivity index (χ2n) is 8.96. The molecule has 2 rings (SSSR count). The van der Waals surface area contributed by atoms with Crippen LogP contribution in [0.3, 0.4) is 0 Å². The molecule has 2 heteroatoms. The normalized spacial score (nSPS) is 30.6. The van der Waals surface area contributed by atoms with Gasteiger partial charge in [0.2, 0.25) is 0 Å². The highest BCUT2D eigenvalue weighted by Gasteiger charge is 2.38. The molecule has 0 bridgehead atoms. The molecule has 2 nitrogen and oxygen atoms in total. The smallest absolute Gasteiger partial charge is 0.0272 e. The highest BCUT2D eigenvalue weighted by atomic mass is 15.3. The second-order valence-corrected chi connectivity index (χ2v) is 8.96. The van der Waals surface area contributed by atoms with Crippen LogP contribution in [0, 0.1) is 11.3 Å². The van der Waals surface area contributed by atoms with E-state index in [0.29, 0.717) is 17.5 Å². The monoisotopic (exact) mass is 294 g/mol. The zero-order valence-corrected chi connectivity index (χ0v) is 15.1. The number of rotatable bonds is 3. The summed E-state index contributed by atoms with van der Waals surface area (Å²) in [4.78, 5) is 2.91. The second kappa shape index (κ2) is 7.46. The Kier molecular flexibility index (Phi) is 6.14. The Morgan fingerprint density at radius 1 is 1.05 bits per heavy atom. The molecule has 1 saturated heterocycles. The Labute approximate surface area is 133 Å². The highest BCUT2D eigenvalue weighted by Crippen LogP contribution is 2.33. The Bertz CT molecular complexity index is 297. The number of nitrogens with zero attached hydrogens (tertiary/aromatic N) is 1. The van der Waals surface area contributed by atoms with Crippen LogP contribution in [0.4, 0.5) is 0 Å². The molecule has 1 aliphatic heterocycles. The molecule has 0 aromatic heterocycles. The maximum absolute atomic E-state index is 3.85. The predicted octanol–water partition coefficient (Wildman–Crippen LogP) is 4.44. The van der Waals surface area contributed by atoms with Crippen LogP contribution < -0.4 is 5.32 Å². The molecule has 0 spiro atoms. The van der Waals surface area contributed by atoms with E-state index in [4.69, 9.17) is 0 Å². The van der Waals surface area contributed by atoms with Gasteiger partial charge in [-0.2, -0.15) is 0 Å². The van der Waals surface area contributed by atoms with Crippen LogP contribution >= 0.6 is 0 Å². The standard InChI is InChI=1S/C19H38N2/c1-15(2)12-16-14-21(17-10-8-6-7-9-11-17)18(13-20-16)19(3,4)5/h15-18,20H,6-14H2,1-5H3. The van der Waals surface area contributed by atoms with Gasteiger partial charge in [0.25, 0.3) is 0 Å². The van der Waals surface area contributed by atoms with Gasteiger partial charge in [0, 0.05) is 31.2 Å². The van der Waals surface area contributed by atoms with Crippen molar-refractivity contribution in [1.82, 2.24) is 10.2 Å². The molecule has 2 fully saturated rings. The quantitative estimate of drug-likeness (QED) is 0.774. The van der Waals surface area contributed by atoms with Crippen LogP contribution in [-0.2, 0) is 0 Å². The van der Waals surface area contributed by atoms with Gasteiger partial charge >= 0.3 is 0 Å². The molecule has 2 atom stereocenters. The summed E-state index contributed by atoms with van der Waals surface area (Å²) in [5.74, 6) is 0.796. The molecule has 2 unspecified atom stereocenters. The maximum Gasteiger partial charge on any atom is 0.0272 e. The molecular weight excluding hydrogens is 256 g/mol. The van der Waals surface area contributed by atoms with Gasteiger partial charge in [0.15, 0.2) is 0 Å². The van der Waals surface area contributed by atoms with Crippen LogP contribution in [-0.4, -0.2) is 36.1 Å². The molecule has 1 N–H and O–H groups in total. The fraction of sp³-hybridized carbons (Fsp3) is 1.00. The van der Waals surface area contributed by atoms with Crippen molar-refractivity contribution in [1.29, 1.82) is 0 Å². The summed E-state index contributed by atoms with van der Waals surface area (Å²) in [6.45, 7) is 14.4. The van der Waals surface area contributed by atoms with Gasteiger partial charge in [0.1, 0.15) is 0 Å². The predicted molar refractivity (Wildman–Crippen MR) is 92.7 cm³/mol. The van der Waals surface area contributed by atoms with Crippen LogP contribution in [0.15, 0.2) is 0 Å². The van der Waals surface area contributed by atoms with Crippen LogP contribution in [0.1, 0.15) is 79.6 Å². The van der Waals surface area contributed by atoms with Crippen LogP contribution in [0.25, 0.3) is 0 Å². The van der Waals surface area contributed by atoms with E-state index in [1.54, 1.807) is 0 Å². The average Bonchev–Trinajstić information content (AvgIpc) is 2.65. The van der Waals surface area contributed by atoms with E-state index in [1.807, 2.05) is 0 Å². The van der Waals surface area contributed by atoms with Crippen LogP contribution in [0.2, 0.25) is 0 Å². The molecule has 1 saturated carbocycles. The van der Waals surface area contributed by atoms with Gasteiger partial charge in [-0.25, -0.2) is 0 Å². The van der Waals surface area contributed by atoms with Crippen molar-refractivity contribution in [3.8, 4) is 0 Å². The Morgan fingerprint density at radius 2 is 1.67 bits per heavy atom. The van der Waals surface area contributed by atoms with Crippen LogP contribution in [0.5, 0.6) is 0 Å². The Morgan fingerprint density at radius 3 is 2.19 bits per heavy atom. The molecule has 0 aromatic carbocycles. The van der Waals surface area contributed by atoms with E-state index in [2.05, 4.69) is 44.8 Å². The number of nitrogens with one attached hydrogen (secondary N) is 1. The number of piperazine rings is 1. The molecular formula is C19H38N2. The summed E-state index contributed by atoms with van der Waals surface area (Å²) in [5, 5.41) is 3.85. The van der Waals surface area contributed by atoms with Crippen molar-refractivity contribution in [2.75, 3.05) is 13.1 Å². The molecule has 2 aliphatic rings. The Hall–Kier alpha value is -0.0800. The van der Waals surface area contributed by atoms with Crippen molar-refractivity contribution in [3.05, 3.63) is 0 Å². The van der Waals surface area contributed by atoms with Gasteiger partial charge in [0.05, 0.1) is 0 Å². The maximum atomic E-state index is 3.85. The molecule has 1 heterocycles. The van der Waals surface area contributed by atoms with Crippen molar-refractivity contribution >= 4 is 0 Å². The minimum atomic E-state index is 0.377. The van der Waals surface area contributed by atoms with E-state index in [1.165, 1.54) is 58.0 Å². The molecule has 21 heavy (non-hydrogen) atoms. The lowest BCUT2D eigenvalue weighted by Gasteiger charge is -2.50. The molecule has 0 radical (unpaired) electrons. The fourth-order valence-electron chi connectivity index (χ4n) is 4.37. The van der Waals surface area contributed by atoms with Gasteiger partial charge < -0.3 is 5.32 Å². The SMILES string of the molecule is CC(C)CC1CN(C2CCCCCC2)C(C(C)(C)C)CN1. The van der Waals surface area contributed by atoms with Crippen molar-refractivity contribution < 1.29 is 0 Å². The summed E-state index contributed by atoms with van der Waals surface area (Å²) in [6.07, 6.45) is 9.99. The number of hydrogen-bond acceptors (Lipinski definition) is 2. The lowest BCUT2D eigenvalue weighted by Crippen LogP contribution is -2.63. The lowest BCUT2D eigenvalue weighted by atomic mass is 9.82. The molecule has 1 aliphatic carbocycles. The summed E-state index contributed by atoms with van der Waals surface area (Å²) in [6, 6.07) is 2.24. The van der Waals surface area contributed by atoms with E-state index in [9.17, 15) is 0 Å². The summed E-state index contributed by atoms with van der Waals surface area (Å²) in [7, 11) is 0.